The van der Waals surface area contributed by atoms with Crippen molar-refractivity contribution in [3.05, 3.63) is 24.0 Å². The molecule has 22 heavy (non-hydrogen) atoms. The van der Waals surface area contributed by atoms with Crippen LogP contribution in [0.2, 0.25) is 0 Å². The first-order valence-corrected chi connectivity index (χ1v) is 6.83. The second-order valence-electron chi connectivity index (χ2n) is 4.76. The lowest BCUT2D eigenvalue weighted by atomic mass is 10.3. The highest BCUT2D eigenvalue weighted by Gasteiger charge is 2.32. The Morgan fingerprint density at radius 1 is 1.32 bits per heavy atom. The minimum absolute atomic E-state index is 0.205. The molecule has 2 amide bonds. The van der Waals surface area contributed by atoms with Gasteiger partial charge in [0.25, 0.3) is 0 Å². The van der Waals surface area contributed by atoms with Crippen LogP contribution >= 0.6 is 0 Å². The number of hydrogen-bond acceptors (Lipinski definition) is 4. The Kier molecular flexibility index (Phi) is 5.56. The average Bonchev–Trinajstić information content (AvgIpc) is 2.48. The number of hydrogen-bond donors (Lipinski definition) is 2. The number of pyridine rings is 1. The van der Waals surface area contributed by atoms with Crippen LogP contribution in [0.5, 0.6) is 0 Å². The molecule has 122 valence electrons. The summed E-state index contributed by atoms with van der Waals surface area (Å²) in [4.78, 5) is 17.0. The zero-order chi connectivity index (χ0) is 16.0. The molecule has 2 heterocycles. The molecule has 1 aliphatic rings. The topological polar surface area (TPSA) is 66.5 Å². The largest absolute Gasteiger partial charge is 0.433 e. The van der Waals surface area contributed by atoms with E-state index in [2.05, 4.69) is 20.5 Å². The molecule has 6 nitrogen and oxygen atoms in total. The Morgan fingerprint density at radius 3 is 2.64 bits per heavy atom. The summed E-state index contributed by atoms with van der Waals surface area (Å²) in [5.41, 5.74) is -0.789. The zero-order valence-electron chi connectivity index (χ0n) is 11.8. The first kappa shape index (κ1) is 16.5. The molecule has 1 aliphatic heterocycles. The number of rotatable bonds is 4. The third kappa shape index (κ3) is 5.15. The van der Waals surface area contributed by atoms with Gasteiger partial charge in [0.1, 0.15) is 5.69 Å². The van der Waals surface area contributed by atoms with Crippen molar-refractivity contribution in [3.63, 3.8) is 0 Å². The fraction of sp³-hybridized carbons (Fsp3) is 0.538. The van der Waals surface area contributed by atoms with Crippen molar-refractivity contribution in [1.82, 2.24) is 15.2 Å². The molecule has 0 spiro atoms. The van der Waals surface area contributed by atoms with Crippen LogP contribution in [0, 0.1) is 0 Å². The van der Waals surface area contributed by atoms with Gasteiger partial charge in [0.2, 0.25) is 0 Å². The highest BCUT2D eigenvalue weighted by molar-refractivity contribution is 5.88. The van der Waals surface area contributed by atoms with Crippen LogP contribution in [0.3, 0.4) is 0 Å². The molecule has 0 unspecified atom stereocenters. The van der Waals surface area contributed by atoms with E-state index in [4.69, 9.17) is 4.74 Å². The Balaban J connectivity index is 1.72. The van der Waals surface area contributed by atoms with Crippen molar-refractivity contribution in [1.29, 1.82) is 0 Å². The van der Waals surface area contributed by atoms with Crippen LogP contribution in [0.4, 0.5) is 23.7 Å². The minimum Gasteiger partial charge on any atom is -0.379 e. The molecule has 1 fully saturated rings. The van der Waals surface area contributed by atoms with Crippen molar-refractivity contribution in [2.45, 2.75) is 6.18 Å². The van der Waals surface area contributed by atoms with Gasteiger partial charge >= 0.3 is 12.2 Å². The number of aromatic nitrogens is 1. The van der Waals surface area contributed by atoms with E-state index < -0.39 is 17.9 Å². The fourth-order valence-corrected chi connectivity index (χ4v) is 1.96. The number of nitrogens with one attached hydrogen (secondary N) is 2. The molecule has 2 N–H and O–H groups in total. The summed E-state index contributed by atoms with van der Waals surface area (Å²) in [5, 5.41) is 5.08. The Labute approximate surface area is 125 Å². The average molecular weight is 318 g/mol. The lowest BCUT2D eigenvalue weighted by Crippen LogP contribution is -2.42. The summed E-state index contributed by atoms with van der Waals surface area (Å²) in [7, 11) is 0. The van der Waals surface area contributed by atoms with E-state index in [0.29, 0.717) is 26.3 Å². The van der Waals surface area contributed by atoms with Crippen LogP contribution in [0.1, 0.15) is 5.69 Å². The van der Waals surface area contributed by atoms with Crippen LogP contribution in [-0.4, -0.2) is 55.3 Å². The van der Waals surface area contributed by atoms with E-state index in [-0.39, 0.29) is 5.69 Å². The van der Waals surface area contributed by atoms with E-state index in [9.17, 15) is 18.0 Å². The number of amides is 2. The van der Waals surface area contributed by atoms with Gasteiger partial charge in [-0.25, -0.2) is 9.78 Å². The second kappa shape index (κ2) is 7.41. The SMILES string of the molecule is O=C(NCCN1CCOCC1)Nc1ccc(C(F)(F)F)nc1. The van der Waals surface area contributed by atoms with Crippen molar-refractivity contribution < 1.29 is 22.7 Å². The zero-order valence-corrected chi connectivity index (χ0v) is 11.8. The van der Waals surface area contributed by atoms with E-state index >= 15 is 0 Å². The fourth-order valence-electron chi connectivity index (χ4n) is 1.96. The highest BCUT2D eigenvalue weighted by atomic mass is 19.4. The molecule has 2 rings (SSSR count). The second-order valence-corrected chi connectivity index (χ2v) is 4.76. The van der Waals surface area contributed by atoms with E-state index in [1.807, 2.05) is 0 Å². The van der Waals surface area contributed by atoms with Crippen molar-refractivity contribution in [3.8, 4) is 0 Å². The maximum absolute atomic E-state index is 12.3. The smallest absolute Gasteiger partial charge is 0.379 e. The molecular weight excluding hydrogens is 301 g/mol. The summed E-state index contributed by atoms with van der Waals surface area (Å²) in [5.74, 6) is 0. The first-order valence-electron chi connectivity index (χ1n) is 6.83. The summed E-state index contributed by atoms with van der Waals surface area (Å²) in [6.45, 7) is 4.16. The van der Waals surface area contributed by atoms with Gasteiger partial charge in [-0.05, 0) is 12.1 Å². The van der Waals surface area contributed by atoms with E-state index in [0.717, 1.165) is 31.4 Å². The molecule has 0 aromatic carbocycles. The monoisotopic (exact) mass is 318 g/mol. The van der Waals surface area contributed by atoms with Crippen LogP contribution in [-0.2, 0) is 10.9 Å². The van der Waals surface area contributed by atoms with Crippen LogP contribution in [0.25, 0.3) is 0 Å². The minimum atomic E-state index is -4.49. The van der Waals surface area contributed by atoms with Crippen molar-refractivity contribution in [2.24, 2.45) is 0 Å². The number of carbonyl (C=O) groups is 1. The molecule has 1 aromatic rings. The van der Waals surface area contributed by atoms with Crippen molar-refractivity contribution >= 4 is 11.7 Å². The van der Waals surface area contributed by atoms with Gasteiger partial charge in [-0.3, -0.25) is 4.90 Å². The van der Waals surface area contributed by atoms with Gasteiger partial charge in [0.15, 0.2) is 0 Å². The quantitative estimate of drug-likeness (QED) is 0.884. The normalized spacial score (nSPS) is 16.3. The highest BCUT2D eigenvalue weighted by Crippen LogP contribution is 2.27. The summed E-state index contributed by atoms with van der Waals surface area (Å²) >= 11 is 0. The summed E-state index contributed by atoms with van der Waals surface area (Å²) < 4.78 is 42.3. The Morgan fingerprint density at radius 2 is 2.05 bits per heavy atom. The van der Waals surface area contributed by atoms with E-state index in [1.54, 1.807) is 0 Å². The Bertz CT molecular complexity index is 487. The van der Waals surface area contributed by atoms with Gasteiger partial charge < -0.3 is 15.4 Å². The summed E-state index contributed by atoms with van der Waals surface area (Å²) in [6, 6.07) is 1.51. The van der Waals surface area contributed by atoms with Crippen molar-refractivity contribution in [2.75, 3.05) is 44.7 Å². The van der Waals surface area contributed by atoms with Gasteiger partial charge in [-0.15, -0.1) is 0 Å². The van der Waals surface area contributed by atoms with Gasteiger partial charge in [-0.2, -0.15) is 13.2 Å². The lowest BCUT2D eigenvalue weighted by molar-refractivity contribution is -0.141. The molecule has 0 radical (unpaired) electrons. The predicted molar refractivity (Wildman–Crippen MR) is 73.5 cm³/mol. The van der Waals surface area contributed by atoms with Crippen LogP contribution in [0.15, 0.2) is 18.3 Å². The number of ether oxygens (including phenoxy) is 1. The van der Waals surface area contributed by atoms with Crippen LogP contribution < -0.4 is 10.6 Å². The maximum Gasteiger partial charge on any atom is 0.433 e. The molecule has 0 bridgehead atoms. The molecular formula is C13H17F3N4O2. The number of urea groups is 1. The van der Waals surface area contributed by atoms with Gasteiger partial charge in [0.05, 0.1) is 25.1 Å². The van der Waals surface area contributed by atoms with Gasteiger partial charge in [0, 0.05) is 26.2 Å². The Hall–Kier alpha value is -1.87. The first-order chi connectivity index (χ1) is 10.4. The third-order valence-corrected chi connectivity index (χ3v) is 3.13. The molecule has 0 saturated carbocycles. The molecule has 0 aliphatic carbocycles. The van der Waals surface area contributed by atoms with E-state index in [1.165, 1.54) is 0 Å². The van der Waals surface area contributed by atoms with Gasteiger partial charge in [-0.1, -0.05) is 0 Å². The number of nitrogens with zero attached hydrogens (tertiary/aromatic N) is 2. The molecule has 0 atom stereocenters. The third-order valence-electron chi connectivity index (χ3n) is 3.13. The maximum atomic E-state index is 12.3. The number of carbonyl (C=O) groups excluding carboxylic acids is 1. The number of halogens is 3. The number of alkyl halides is 3. The predicted octanol–water partition coefficient (Wildman–Crippen LogP) is 1.55. The lowest BCUT2D eigenvalue weighted by Gasteiger charge is -2.26. The molecule has 1 aromatic heterocycles. The standard InChI is InChI=1S/C13H17F3N4O2/c14-13(15,16)11-2-1-10(9-18-11)19-12(21)17-3-4-20-5-7-22-8-6-20/h1-2,9H,3-8H2,(H2,17,19,21). The number of anilines is 1. The number of morpholine rings is 1. The molecule has 1 saturated heterocycles. The molecule has 9 heteroatoms. The summed E-state index contributed by atoms with van der Waals surface area (Å²) in [6.07, 6.45) is -3.51.